The maximum Gasteiger partial charge on any atom is 0.119 e. The summed E-state index contributed by atoms with van der Waals surface area (Å²) < 4.78 is 5.68. The summed E-state index contributed by atoms with van der Waals surface area (Å²) in [7, 11) is 0. The van der Waals surface area contributed by atoms with Crippen LogP contribution < -0.4 is 4.74 Å². The highest BCUT2D eigenvalue weighted by Crippen LogP contribution is 2.41. The van der Waals surface area contributed by atoms with E-state index in [1.807, 2.05) is 12.1 Å². The first-order chi connectivity index (χ1) is 7.83. The second kappa shape index (κ2) is 5.35. The van der Waals surface area contributed by atoms with E-state index in [1.54, 1.807) is 0 Å². The van der Waals surface area contributed by atoms with Gasteiger partial charge >= 0.3 is 0 Å². The van der Waals surface area contributed by atoms with Crippen LogP contribution in [0.5, 0.6) is 5.75 Å². The molecule has 0 spiro atoms. The van der Waals surface area contributed by atoms with Gasteiger partial charge in [-0.25, -0.2) is 0 Å². The van der Waals surface area contributed by atoms with Crippen LogP contribution in [0.15, 0.2) is 18.2 Å². The van der Waals surface area contributed by atoms with Crippen LogP contribution in [0.1, 0.15) is 49.7 Å². The molecule has 0 amide bonds. The summed E-state index contributed by atoms with van der Waals surface area (Å²) in [5.74, 6) is 1.58. The van der Waals surface area contributed by atoms with Crippen LogP contribution >= 0.6 is 0 Å². The van der Waals surface area contributed by atoms with E-state index in [1.165, 1.54) is 18.4 Å². The molecule has 1 aliphatic rings. The number of rotatable bonds is 6. The monoisotopic (exact) mass is 219 g/mol. The Balaban J connectivity index is 2.06. The Morgan fingerprint density at radius 3 is 2.81 bits per heavy atom. The third-order valence-electron chi connectivity index (χ3n) is 2.92. The molecule has 1 fully saturated rings. The zero-order chi connectivity index (χ0) is 11.4. The van der Waals surface area contributed by atoms with Crippen molar-refractivity contribution in [3.63, 3.8) is 0 Å². The topological polar surface area (TPSA) is 29.5 Å². The molecule has 1 aromatic carbocycles. The first kappa shape index (κ1) is 11.5. The van der Waals surface area contributed by atoms with E-state index in [-0.39, 0.29) is 0 Å². The largest absolute Gasteiger partial charge is 0.494 e. The predicted octanol–water partition coefficient (Wildman–Crippen LogP) is 3.63. The molecular formula is C14H19O2. The predicted molar refractivity (Wildman–Crippen MR) is 64.2 cm³/mol. The van der Waals surface area contributed by atoms with Crippen LogP contribution in [0.3, 0.4) is 0 Å². The van der Waals surface area contributed by atoms with E-state index >= 15 is 0 Å². The highest BCUT2D eigenvalue weighted by atomic mass is 16.5. The van der Waals surface area contributed by atoms with Crippen molar-refractivity contribution < 1.29 is 9.84 Å². The molecule has 2 heteroatoms. The van der Waals surface area contributed by atoms with Crippen molar-refractivity contribution in [1.82, 2.24) is 0 Å². The summed E-state index contributed by atoms with van der Waals surface area (Å²) in [6.07, 6.45) is 4.75. The molecule has 1 aliphatic carbocycles. The lowest BCUT2D eigenvalue weighted by molar-refractivity contribution is 0.308. The number of benzene rings is 1. The molecule has 2 nitrogen and oxygen atoms in total. The molecule has 1 radical (unpaired) electrons. The highest BCUT2D eigenvalue weighted by Gasteiger charge is 2.24. The van der Waals surface area contributed by atoms with E-state index in [4.69, 9.17) is 9.84 Å². The van der Waals surface area contributed by atoms with Crippen LogP contribution in [0.4, 0.5) is 0 Å². The number of hydrogen-bond acceptors (Lipinski definition) is 2. The van der Waals surface area contributed by atoms with E-state index in [0.29, 0.717) is 5.92 Å². The summed E-state index contributed by atoms with van der Waals surface area (Å²) in [6, 6.07) is 6.05. The van der Waals surface area contributed by atoms with Crippen molar-refractivity contribution in [1.29, 1.82) is 0 Å². The van der Waals surface area contributed by atoms with Gasteiger partial charge in [0.1, 0.15) is 12.4 Å². The Kier molecular flexibility index (Phi) is 3.83. The van der Waals surface area contributed by atoms with E-state index in [0.717, 1.165) is 37.4 Å². The SMILES string of the molecule is CCCCOc1cc([CH]O)cc(C2CC2)c1. The summed E-state index contributed by atoms with van der Waals surface area (Å²) in [5.41, 5.74) is 2.14. The second-order valence-electron chi connectivity index (χ2n) is 4.44. The minimum absolute atomic E-state index is 0.688. The van der Waals surface area contributed by atoms with Crippen LogP contribution in [0.2, 0.25) is 0 Å². The Morgan fingerprint density at radius 2 is 2.19 bits per heavy atom. The molecule has 0 unspecified atom stereocenters. The molecule has 0 saturated heterocycles. The van der Waals surface area contributed by atoms with Gasteiger partial charge in [-0.1, -0.05) is 19.4 Å². The smallest absolute Gasteiger partial charge is 0.119 e. The molecule has 0 bridgehead atoms. The first-order valence-corrected chi connectivity index (χ1v) is 6.08. The number of aliphatic hydroxyl groups excluding tert-OH is 1. The van der Waals surface area contributed by atoms with E-state index in [9.17, 15) is 0 Å². The van der Waals surface area contributed by atoms with Gasteiger partial charge in [0.05, 0.1) is 6.61 Å². The Bertz CT molecular complexity index is 343. The number of hydrogen-bond donors (Lipinski definition) is 1. The molecule has 1 aromatic rings. The maximum absolute atomic E-state index is 9.08. The molecule has 16 heavy (non-hydrogen) atoms. The van der Waals surface area contributed by atoms with Gasteiger partial charge < -0.3 is 9.84 Å². The molecule has 0 aromatic heterocycles. The third-order valence-corrected chi connectivity index (χ3v) is 2.92. The maximum atomic E-state index is 9.08. The molecule has 2 rings (SSSR count). The average molecular weight is 219 g/mol. The zero-order valence-corrected chi connectivity index (χ0v) is 9.78. The van der Waals surface area contributed by atoms with E-state index in [2.05, 4.69) is 13.0 Å². The van der Waals surface area contributed by atoms with Crippen LogP contribution in [0.25, 0.3) is 0 Å². The molecule has 0 heterocycles. The molecule has 1 N–H and O–H groups in total. The van der Waals surface area contributed by atoms with Gasteiger partial charge in [0.15, 0.2) is 0 Å². The highest BCUT2D eigenvalue weighted by molar-refractivity contribution is 5.39. The quantitative estimate of drug-likeness (QED) is 0.740. The van der Waals surface area contributed by atoms with Crippen LogP contribution in [-0.2, 0) is 0 Å². The zero-order valence-electron chi connectivity index (χ0n) is 9.78. The van der Waals surface area contributed by atoms with Crippen LogP contribution in [0, 0.1) is 6.61 Å². The summed E-state index contributed by atoms with van der Waals surface area (Å²) in [6.45, 7) is 4.06. The fourth-order valence-corrected chi connectivity index (χ4v) is 1.79. The van der Waals surface area contributed by atoms with Crippen molar-refractivity contribution in [2.75, 3.05) is 6.61 Å². The number of unbranched alkanes of at least 4 members (excludes halogenated alkanes) is 1. The van der Waals surface area contributed by atoms with Gasteiger partial charge in [-0.15, -0.1) is 0 Å². The summed E-state index contributed by atoms with van der Waals surface area (Å²) in [4.78, 5) is 0. The lowest BCUT2D eigenvalue weighted by Crippen LogP contribution is -1.98. The lowest BCUT2D eigenvalue weighted by atomic mass is 10.1. The Morgan fingerprint density at radius 1 is 1.38 bits per heavy atom. The van der Waals surface area contributed by atoms with Crippen molar-refractivity contribution in [2.45, 2.75) is 38.5 Å². The van der Waals surface area contributed by atoms with Gasteiger partial charge in [-0.3, -0.25) is 0 Å². The minimum Gasteiger partial charge on any atom is -0.494 e. The fraction of sp³-hybridized carbons (Fsp3) is 0.500. The third kappa shape index (κ3) is 2.99. The van der Waals surface area contributed by atoms with Gasteiger partial charge in [0.25, 0.3) is 0 Å². The Labute approximate surface area is 97.3 Å². The van der Waals surface area contributed by atoms with Gasteiger partial charge in [-0.2, -0.15) is 0 Å². The average Bonchev–Trinajstić information content (AvgIpc) is 3.13. The summed E-state index contributed by atoms with van der Waals surface area (Å²) in [5, 5.41) is 9.08. The van der Waals surface area contributed by atoms with Crippen molar-refractivity contribution in [3.8, 4) is 5.75 Å². The molecule has 0 aliphatic heterocycles. The lowest BCUT2D eigenvalue weighted by Gasteiger charge is -2.09. The number of ether oxygens (including phenoxy) is 1. The minimum atomic E-state index is 0.688. The first-order valence-electron chi connectivity index (χ1n) is 6.08. The Hall–Kier alpha value is -1.02. The summed E-state index contributed by atoms with van der Waals surface area (Å²) >= 11 is 0. The van der Waals surface area contributed by atoms with Gasteiger partial charge in [-0.05, 0) is 48.4 Å². The standard InChI is InChI=1S/C14H19O2/c1-2-3-6-16-14-8-11(10-15)7-13(9-14)12-4-5-12/h7-10,12,15H,2-6H2,1H3. The molecule has 1 saturated carbocycles. The molecular weight excluding hydrogens is 200 g/mol. The van der Waals surface area contributed by atoms with Crippen molar-refractivity contribution in [2.24, 2.45) is 0 Å². The van der Waals surface area contributed by atoms with E-state index < -0.39 is 0 Å². The second-order valence-corrected chi connectivity index (χ2v) is 4.44. The van der Waals surface area contributed by atoms with Crippen LogP contribution in [-0.4, -0.2) is 11.7 Å². The van der Waals surface area contributed by atoms with Crippen molar-refractivity contribution in [3.05, 3.63) is 35.9 Å². The number of aliphatic hydroxyl groups is 1. The molecule has 0 atom stereocenters. The normalized spacial score (nSPS) is 15.1. The van der Waals surface area contributed by atoms with Crippen molar-refractivity contribution >= 4 is 0 Å². The fourth-order valence-electron chi connectivity index (χ4n) is 1.79. The van der Waals surface area contributed by atoms with Gasteiger partial charge in [0, 0.05) is 0 Å². The van der Waals surface area contributed by atoms with Gasteiger partial charge in [0.2, 0.25) is 0 Å². The molecule has 87 valence electrons.